The summed E-state index contributed by atoms with van der Waals surface area (Å²) in [6.07, 6.45) is 3.46. The van der Waals surface area contributed by atoms with Crippen LogP contribution in [0.3, 0.4) is 0 Å². The van der Waals surface area contributed by atoms with Crippen LogP contribution in [0.4, 0.5) is 5.82 Å². The molecule has 0 unspecified atom stereocenters. The molecule has 1 aromatic heterocycles. The van der Waals surface area contributed by atoms with Crippen molar-refractivity contribution in [3.8, 4) is 0 Å². The molecule has 1 N–H and O–H groups in total. The predicted octanol–water partition coefficient (Wildman–Crippen LogP) is 1.93. The number of aromatic nitrogens is 1. The zero-order valence-electron chi connectivity index (χ0n) is 11.5. The lowest BCUT2D eigenvalue weighted by atomic mass is 10.0. The molecule has 1 aromatic rings. The number of rotatable bonds is 4. The fourth-order valence-electron chi connectivity index (χ4n) is 2.26. The number of sulfonamides is 1. The quantitative estimate of drug-likeness (QED) is 0.917. The first-order valence-electron chi connectivity index (χ1n) is 6.74. The van der Waals surface area contributed by atoms with Crippen LogP contribution in [0.5, 0.6) is 0 Å². The van der Waals surface area contributed by atoms with E-state index in [1.807, 2.05) is 6.92 Å². The van der Waals surface area contributed by atoms with Crippen molar-refractivity contribution in [2.45, 2.75) is 31.6 Å². The van der Waals surface area contributed by atoms with Crippen LogP contribution in [0.15, 0.2) is 23.2 Å². The predicted molar refractivity (Wildman–Crippen MR) is 75.6 cm³/mol. The molecular weight excluding hydrogens is 262 g/mol. The van der Waals surface area contributed by atoms with Crippen LogP contribution >= 0.6 is 0 Å². The maximum Gasteiger partial charge on any atom is 0.246 e. The molecule has 0 radical (unpaired) electrons. The van der Waals surface area contributed by atoms with Gasteiger partial charge in [-0.05, 0) is 37.8 Å². The highest BCUT2D eigenvalue weighted by Gasteiger charge is 2.30. The van der Waals surface area contributed by atoms with Crippen LogP contribution < -0.4 is 5.32 Å². The Balaban J connectivity index is 2.29. The zero-order chi connectivity index (χ0) is 13.9. The van der Waals surface area contributed by atoms with Crippen molar-refractivity contribution in [3.63, 3.8) is 0 Å². The lowest BCUT2D eigenvalue weighted by Gasteiger charge is -2.29. The molecule has 0 aliphatic carbocycles. The van der Waals surface area contributed by atoms with Crippen LogP contribution in [0.25, 0.3) is 0 Å². The van der Waals surface area contributed by atoms with E-state index in [9.17, 15) is 8.42 Å². The standard InChI is InChI=1S/C13H21N3O2S/c1-3-14-13-12(5-4-8-15-13)19(17,18)16-9-6-11(2)7-10-16/h4-5,8,11H,3,6-7,9-10H2,1-2H3,(H,14,15). The number of nitrogens with zero attached hydrogens (tertiary/aromatic N) is 2. The Kier molecular flexibility index (Phi) is 4.42. The number of hydrogen-bond acceptors (Lipinski definition) is 4. The summed E-state index contributed by atoms with van der Waals surface area (Å²) in [6.45, 7) is 5.94. The third-order valence-corrected chi connectivity index (χ3v) is 5.41. The van der Waals surface area contributed by atoms with Crippen LogP contribution in [0, 0.1) is 5.92 Å². The Morgan fingerprint density at radius 1 is 1.42 bits per heavy atom. The van der Waals surface area contributed by atoms with Crippen LogP contribution in [-0.4, -0.2) is 37.3 Å². The van der Waals surface area contributed by atoms with E-state index >= 15 is 0 Å². The van der Waals surface area contributed by atoms with Gasteiger partial charge in [0.05, 0.1) is 0 Å². The van der Waals surface area contributed by atoms with Gasteiger partial charge in [0.2, 0.25) is 10.0 Å². The number of nitrogens with one attached hydrogen (secondary N) is 1. The van der Waals surface area contributed by atoms with Gasteiger partial charge >= 0.3 is 0 Å². The van der Waals surface area contributed by atoms with Crippen molar-refractivity contribution in [1.29, 1.82) is 0 Å². The number of anilines is 1. The van der Waals surface area contributed by atoms with Gasteiger partial charge in [-0.3, -0.25) is 0 Å². The van der Waals surface area contributed by atoms with Crippen molar-refractivity contribution in [1.82, 2.24) is 9.29 Å². The summed E-state index contributed by atoms with van der Waals surface area (Å²) in [7, 11) is -3.43. The molecule has 5 nitrogen and oxygen atoms in total. The van der Waals surface area contributed by atoms with Gasteiger partial charge in [-0.1, -0.05) is 6.92 Å². The van der Waals surface area contributed by atoms with Crippen LogP contribution in [-0.2, 0) is 10.0 Å². The SMILES string of the molecule is CCNc1ncccc1S(=O)(=O)N1CCC(C)CC1. The summed E-state index contributed by atoms with van der Waals surface area (Å²) in [5.74, 6) is 1.05. The molecule has 1 saturated heterocycles. The number of pyridine rings is 1. The van der Waals surface area contributed by atoms with E-state index in [4.69, 9.17) is 0 Å². The van der Waals surface area contributed by atoms with Crippen molar-refractivity contribution in [2.24, 2.45) is 5.92 Å². The minimum atomic E-state index is -3.43. The first kappa shape index (κ1) is 14.3. The van der Waals surface area contributed by atoms with E-state index in [1.165, 1.54) is 0 Å². The Morgan fingerprint density at radius 2 is 2.11 bits per heavy atom. The number of hydrogen-bond donors (Lipinski definition) is 1. The van der Waals surface area contributed by atoms with E-state index in [2.05, 4.69) is 17.2 Å². The highest BCUT2D eigenvalue weighted by molar-refractivity contribution is 7.89. The monoisotopic (exact) mass is 283 g/mol. The van der Waals surface area contributed by atoms with Gasteiger partial charge in [-0.25, -0.2) is 13.4 Å². The lowest BCUT2D eigenvalue weighted by molar-refractivity contribution is 0.288. The van der Waals surface area contributed by atoms with Crippen molar-refractivity contribution >= 4 is 15.8 Å². The van der Waals surface area contributed by atoms with Crippen molar-refractivity contribution in [2.75, 3.05) is 25.0 Å². The summed E-state index contributed by atoms with van der Waals surface area (Å²) in [5.41, 5.74) is 0. The average Bonchev–Trinajstić information content (AvgIpc) is 2.40. The lowest BCUT2D eigenvalue weighted by Crippen LogP contribution is -2.38. The molecule has 1 fully saturated rings. The van der Waals surface area contributed by atoms with Crippen molar-refractivity contribution in [3.05, 3.63) is 18.3 Å². The number of piperidine rings is 1. The summed E-state index contributed by atoms with van der Waals surface area (Å²) < 4.78 is 26.8. The van der Waals surface area contributed by atoms with E-state index in [-0.39, 0.29) is 4.90 Å². The van der Waals surface area contributed by atoms with Gasteiger partial charge in [0.15, 0.2) is 0 Å². The molecule has 2 rings (SSSR count). The highest BCUT2D eigenvalue weighted by atomic mass is 32.2. The molecule has 0 bridgehead atoms. The second kappa shape index (κ2) is 5.88. The molecule has 0 amide bonds. The smallest absolute Gasteiger partial charge is 0.246 e. The van der Waals surface area contributed by atoms with E-state index in [0.29, 0.717) is 31.4 Å². The molecular formula is C13H21N3O2S. The molecule has 6 heteroatoms. The maximum absolute atomic E-state index is 12.6. The summed E-state index contributed by atoms with van der Waals surface area (Å²) in [6, 6.07) is 3.29. The second-order valence-electron chi connectivity index (χ2n) is 4.97. The Labute approximate surface area is 115 Å². The molecule has 1 aliphatic heterocycles. The molecule has 0 aromatic carbocycles. The molecule has 0 atom stereocenters. The average molecular weight is 283 g/mol. The van der Waals surface area contributed by atoms with Crippen LogP contribution in [0.2, 0.25) is 0 Å². The van der Waals surface area contributed by atoms with Gasteiger partial charge in [-0.2, -0.15) is 4.31 Å². The maximum atomic E-state index is 12.6. The van der Waals surface area contributed by atoms with Crippen molar-refractivity contribution < 1.29 is 8.42 Å². The molecule has 106 valence electrons. The second-order valence-corrected chi connectivity index (χ2v) is 6.87. The minimum Gasteiger partial charge on any atom is -0.369 e. The summed E-state index contributed by atoms with van der Waals surface area (Å²) >= 11 is 0. The third-order valence-electron chi connectivity index (χ3n) is 3.48. The summed E-state index contributed by atoms with van der Waals surface area (Å²) in [5, 5.41) is 3.01. The third kappa shape index (κ3) is 3.06. The first-order valence-corrected chi connectivity index (χ1v) is 8.18. The van der Waals surface area contributed by atoms with Gasteiger partial charge < -0.3 is 5.32 Å². The van der Waals surface area contributed by atoms with Gasteiger partial charge in [0.25, 0.3) is 0 Å². The van der Waals surface area contributed by atoms with E-state index in [0.717, 1.165) is 12.8 Å². The molecule has 19 heavy (non-hydrogen) atoms. The normalized spacial score (nSPS) is 18.4. The zero-order valence-corrected chi connectivity index (χ0v) is 12.3. The first-order chi connectivity index (χ1) is 9.05. The largest absolute Gasteiger partial charge is 0.369 e. The fourth-order valence-corrected chi connectivity index (χ4v) is 3.85. The Hall–Kier alpha value is -1.14. The Bertz CT molecular complexity index is 522. The molecule has 2 heterocycles. The highest BCUT2D eigenvalue weighted by Crippen LogP contribution is 2.26. The van der Waals surface area contributed by atoms with E-state index in [1.54, 1.807) is 22.6 Å². The Morgan fingerprint density at radius 3 is 2.74 bits per heavy atom. The fraction of sp³-hybridized carbons (Fsp3) is 0.615. The minimum absolute atomic E-state index is 0.284. The van der Waals surface area contributed by atoms with Crippen LogP contribution in [0.1, 0.15) is 26.7 Å². The van der Waals surface area contributed by atoms with E-state index < -0.39 is 10.0 Å². The molecule has 1 aliphatic rings. The molecule has 0 spiro atoms. The van der Waals surface area contributed by atoms with Gasteiger partial charge in [-0.15, -0.1) is 0 Å². The summed E-state index contributed by atoms with van der Waals surface area (Å²) in [4.78, 5) is 4.41. The van der Waals surface area contributed by atoms with Gasteiger partial charge in [0.1, 0.15) is 10.7 Å². The topological polar surface area (TPSA) is 62.3 Å². The molecule has 0 saturated carbocycles. The van der Waals surface area contributed by atoms with Gasteiger partial charge in [0, 0.05) is 25.8 Å².